The highest BCUT2D eigenvalue weighted by molar-refractivity contribution is 5.64. The maximum atomic E-state index is 15.0. The predicted molar refractivity (Wildman–Crippen MR) is 110 cm³/mol. The molecule has 9 heteroatoms. The molecule has 1 aliphatic heterocycles. The average Bonchev–Trinajstić information content (AvgIpc) is 3.54. The third-order valence-electron chi connectivity index (χ3n) is 5.77. The van der Waals surface area contributed by atoms with Gasteiger partial charge in [-0.3, -0.25) is 0 Å². The van der Waals surface area contributed by atoms with Gasteiger partial charge in [0.1, 0.15) is 28.6 Å². The number of aromatic nitrogens is 4. The number of aliphatic hydroxyl groups excluding tert-OH is 1. The van der Waals surface area contributed by atoms with E-state index in [0.29, 0.717) is 34.4 Å². The molecule has 1 saturated carbocycles. The van der Waals surface area contributed by atoms with Crippen LogP contribution >= 0.6 is 0 Å². The number of hydrogen-bond donors (Lipinski definition) is 3. The van der Waals surface area contributed by atoms with E-state index in [1.54, 1.807) is 17.8 Å². The number of halogens is 1. The highest BCUT2D eigenvalue weighted by Crippen LogP contribution is 2.43. The second-order valence-electron chi connectivity index (χ2n) is 7.96. The van der Waals surface area contributed by atoms with Crippen molar-refractivity contribution in [2.45, 2.75) is 44.2 Å². The van der Waals surface area contributed by atoms with Crippen molar-refractivity contribution < 1.29 is 14.2 Å². The smallest absolute Gasteiger partial charge is 0.157 e. The fourth-order valence-corrected chi connectivity index (χ4v) is 4.00. The molecule has 0 radical (unpaired) electrons. The molecule has 1 atom stereocenters. The first-order valence-corrected chi connectivity index (χ1v) is 10.4. The molecule has 0 amide bonds. The fraction of sp³-hybridized carbons (Fsp3) is 0.476. The second kappa shape index (κ2) is 7.81. The van der Waals surface area contributed by atoms with Crippen molar-refractivity contribution in [3.8, 4) is 17.1 Å². The van der Waals surface area contributed by atoms with Gasteiger partial charge in [0, 0.05) is 30.1 Å². The van der Waals surface area contributed by atoms with Crippen LogP contribution in [0.1, 0.15) is 42.9 Å². The first-order valence-electron chi connectivity index (χ1n) is 10.4. The third kappa shape index (κ3) is 3.48. The highest BCUT2D eigenvalue weighted by Gasteiger charge is 2.30. The number of nitrogens with zero attached hydrogens (tertiary/aromatic N) is 4. The number of piperidine rings is 1. The number of aliphatic hydroxyl groups is 1. The third-order valence-corrected chi connectivity index (χ3v) is 5.77. The van der Waals surface area contributed by atoms with E-state index in [1.807, 2.05) is 6.07 Å². The van der Waals surface area contributed by atoms with E-state index in [0.717, 1.165) is 44.5 Å². The summed E-state index contributed by atoms with van der Waals surface area (Å²) in [5.41, 5.74) is 2.50. The lowest BCUT2D eigenvalue weighted by Gasteiger charge is -2.25. The van der Waals surface area contributed by atoms with Gasteiger partial charge in [0.2, 0.25) is 0 Å². The standard InChI is InChI=1S/C21H25FN6O2/c1-30-17-8-18-24-10-16(28(18)27-19(17)12-4-5-12)20-15(22)7-13(11-29)21(26-20)25-14-3-2-6-23-9-14/h7-8,10,12,14,23,29H,2-6,9,11H2,1H3,(H,25,26). The summed E-state index contributed by atoms with van der Waals surface area (Å²) in [6.07, 6.45) is 5.77. The minimum Gasteiger partial charge on any atom is -0.495 e. The van der Waals surface area contributed by atoms with E-state index in [2.05, 4.69) is 20.6 Å². The van der Waals surface area contributed by atoms with Crippen LogP contribution in [0.3, 0.4) is 0 Å². The number of rotatable bonds is 6. The van der Waals surface area contributed by atoms with Gasteiger partial charge >= 0.3 is 0 Å². The van der Waals surface area contributed by atoms with Gasteiger partial charge < -0.3 is 20.5 Å². The van der Waals surface area contributed by atoms with Gasteiger partial charge in [0.15, 0.2) is 11.5 Å². The molecular weight excluding hydrogens is 387 g/mol. The molecule has 30 heavy (non-hydrogen) atoms. The van der Waals surface area contributed by atoms with Crippen molar-refractivity contribution in [2.24, 2.45) is 0 Å². The Balaban J connectivity index is 1.58. The van der Waals surface area contributed by atoms with E-state index in [4.69, 9.17) is 9.84 Å². The Labute approximate surface area is 173 Å². The molecule has 1 saturated heterocycles. The van der Waals surface area contributed by atoms with Crippen molar-refractivity contribution in [2.75, 3.05) is 25.5 Å². The molecule has 8 nitrogen and oxygen atoms in total. The second-order valence-corrected chi connectivity index (χ2v) is 7.96. The van der Waals surface area contributed by atoms with Gasteiger partial charge in [0.05, 0.1) is 19.9 Å². The Morgan fingerprint density at radius 3 is 2.90 bits per heavy atom. The Morgan fingerprint density at radius 2 is 2.20 bits per heavy atom. The molecule has 0 spiro atoms. The molecule has 2 aliphatic rings. The van der Waals surface area contributed by atoms with Crippen molar-refractivity contribution in [3.63, 3.8) is 0 Å². The Kier molecular flexibility index (Phi) is 5.00. The number of anilines is 1. The van der Waals surface area contributed by atoms with Crippen molar-refractivity contribution in [3.05, 3.63) is 35.4 Å². The van der Waals surface area contributed by atoms with Crippen LogP contribution < -0.4 is 15.4 Å². The summed E-state index contributed by atoms with van der Waals surface area (Å²) in [5.74, 6) is 1.05. The number of pyridine rings is 1. The molecule has 4 heterocycles. The molecule has 3 aromatic heterocycles. The lowest BCUT2D eigenvalue weighted by Crippen LogP contribution is -2.38. The summed E-state index contributed by atoms with van der Waals surface area (Å²) in [5, 5.41) is 21.1. The largest absolute Gasteiger partial charge is 0.495 e. The van der Waals surface area contributed by atoms with E-state index in [1.165, 1.54) is 6.07 Å². The number of ether oxygens (including phenoxy) is 1. The minimum absolute atomic E-state index is 0.158. The van der Waals surface area contributed by atoms with Crippen molar-refractivity contribution in [1.82, 2.24) is 24.9 Å². The van der Waals surface area contributed by atoms with E-state index >= 15 is 0 Å². The summed E-state index contributed by atoms with van der Waals surface area (Å²) in [4.78, 5) is 8.94. The monoisotopic (exact) mass is 412 g/mol. The molecule has 0 aromatic carbocycles. The van der Waals surface area contributed by atoms with Crippen LogP contribution in [0.2, 0.25) is 0 Å². The zero-order valence-corrected chi connectivity index (χ0v) is 16.9. The quantitative estimate of drug-likeness (QED) is 0.572. The average molecular weight is 412 g/mol. The molecular formula is C21H25FN6O2. The lowest BCUT2D eigenvalue weighted by molar-refractivity contribution is 0.281. The fourth-order valence-electron chi connectivity index (χ4n) is 4.00. The Morgan fingerprint density at radius 1 is 1.33 bits per heavy atom. The molecule has 3 aromatic rings. The van der Waals surface area contributed by atoms with Crippen LogP contribution in [0.5, 0.6) is 5.75 Å². The summed E-state index contributed by atoms with van der Waals surface area (Å²) in [6.45, 7) is 1.51. The maximum Gasteiger partial charge on any atom is 0.157 e. The molecule has 5 rings (SSSR count). The number of fused-ring (bicyclic) bond motifs is 1. The van der Waals surface area contributed by atoms with Crippen LogP contribution in [0.25, 0.3) is 17.0 Å². The van der Waals surface area contributed by atoms with Gasteiger partial charge in [-0.05, 0) is 38.3 Å². The summed E-state index contributed by atoms with van der Waals surface area (Å²) >= 11 is 0. The highest BCUT2D eigenvalue weighted by atomic mass is 19.1. The zero-order valence-electron chi connectivity index (χ0n) is 16.9. The molecule has 1 unspecified atom stereocenters. The first kappa shape index (κ1) is 19.2. The van der Waals surface area contributed by atoms with E-state index < -0.39 is 5.82 Å². The van der Waals surface area contributed by atoms with Gasteiger partial charge in [-0.1, -0.05) is 0 Å². The van der Waals surface area contributed by atoms with E-state index in [9.17, 15) is 9.50 Å². The zero-order chi connectivity index (χ0) is 20.7. The van der Waals surface area contributed by atoms with Crippen molar-refractivity contribution >= 4 is 11.5 Å². The summed E-state index contributed by atoms with van der Waals surface area (Å²) in [7, 11) is 1.62. The van der Waals surface area contributed by atoms with Gasteiger partial charge in [-0.15, -0.1) is 0 Å². The minimum atomic E-state index is -0.515. The topological polar surface area (TPSA) is 96.6 Å². The number of imidazole rings is 1. The van der Waals surface area contributed by atoms with E-state index in [-0.39, 0.29) is 18.3 Å². The lowest BCUT2D eigenvalue weighted by atomic mass is 10.1. The van der Waals surface area contributed by atoms with Gasteiger partial charge in [-0.25, -0.2) is 18.9 Å². The Bertz CT molecular complexity index is 1080. The number of nitrogens with one attached hydrogen (secondary N) is 2. The summed E-state index contributed by atoms with van der Waals surface area (Å²) < 4.78 is 22.1. The number of methoxy groups -OCH3 is 1. The first-order chi connectivity index (χ1) is 14.7. The molecule has 1 aliphatic carbocycles. The van der Waals surface area contributed by atoms with Gasteiger partial charge in [0.25, 0.3) is 0 Å². The normalized spacial score (nSPS) is 19.2. The van der Waals surface area contributed by atoms with Crippen LogP contribution in [-0.2, 0) is 6.61 Å². The van der Waals surface area contributed by atoms with Crippen LogP contribution in [-0.4, -0.2) is 50.9 Å². The SMILES string of the molecule is COc1cc2ncc(-c3nc(NC4CCCNC4)c(CO)cc3F)n2nc1C1CC1. The molecule has 3 N–H and O–H groups in total. The molecule has 158 valence electrons. The van der Waals surface area contributed by atoms with Crippen LogP contribution in [0, 0.1) is 5.82 Å². The number of hydrogen-bond acceptors (Lipinski definition) is 7. The molecule has 2 fully saturated rings. The van der Waals surface area contributed by atoms with Crippen molar-refractivity contribution in [1.29, 1.82) is 0 Å². The van der Waals surface area contributed by atoms with Crippen LogP contribution in [0.15, 0.2) is 18.3 Å². The molecule has 0 bridgehead atoms. The Hall–Kier alpha value is -2.78. The maximum absolute atomic E-state index is 15.0. The van der Waals surface area contributed by atoms with Gasteiger partial charge in [-0.2, -0.15) is 5.10 Å². The van der Waals surface area contributed by atoms with Crippen LogP contribution in [0.4, 0.5) is 10.2 Å². The predicted octanol–water partition coefficient (Wildman–Crippen LogP) is 2.47. The summed E-state index contributed by atoms with van der Waals surface area (Å²) in [6, 6.07) is 3.35.